The molecule has 0 spiro atoms. The molecule has 0 saturated heterocycles. The second kappa shape index (κ2) is 9.10. The van der Waals surface area contributed by atoms with Crippen LogP contribution >= 0.6 is 0 Å². The van der Waals surface area contributed by atoms with Crippen molar-refractivity contribution in [1.29, 1.82) is 0 Å². The maximum Gasteiger partial charge on any atom is 0.262 e. The number of rotatable bonds is 6. The minimum absolute atomic E-state index is 0.231. The van der Waals surface area contributed by atoms with E-state index in [1.807, 2.05) is 13.0 Å². The van der Waals surface area contributed by atoms with Crippen molar-refractivity contribution < 1.29 is 22.3 Å². The average molecular weight is 455 g/mol. The Bertz CT molecular complexity index is 1240. The summed E-state index contributed by atoms with van der Waals surface area (Å²) in [5.74, 6) is -0.570. The summed E-state index contributed by atoms with van der Waals surface area (Å²) in [7, 11) is -3.60. The smallest absolute Gasteiger partial charge is 0.262 e. The van der Waals surface area contributed by atoms with Crippen molar-refractivity contribution in [3.63, 3.8) is 0 Å². The van der Waals surface area contributed by atoms with Gasteiger partial charge in [-0.3, -0.25) is 4.79 Å². The molecule has 1 heterocycles. The molecule has 4 rings (SSSR count). The molecule has 1 aliphatic heterocycles. The number of hydrogen-bond donors (Lipinski definition) is 1. The van der Waals surface area contributed by atoms with E-state index in [-0.39, 0.29) is 23.8 Å². The summed E-state index contributed by atoms with van der Waals surface area (Å²) in [5, 5.41) is 2.74. The van der Waals surface area contributed by atoms with Gasteiger partial charge in [-0.25, -0.2) is 12.8 Å². The predicted molar refractivity (Wildman–Crippen MR) is 119 cm³/mol. The first-order valence-electron chi connectivity index (χ1n) is 10.2. The zero-order valence-corrected chi connectivity index (χ0v) is 18.4. The number of ether oxygens (including phenoxy) is 1. The van der Waals surface area contributed by atoms with Crippen LogP contribution in [-0.2, 0) is 27.8 Å². The quantitative estimate of drug-likeness (QED) is 0.613. The van der Waals surface area contributed by atoms with E-state index in [9.17, 15) is 17.6 Å². The molecule has 1 N–H and O–H groups in total. The van der Waals surface area contributed by atoms with Crippen LogP contribution in [0.1, 0.15) is 16.7 Å². The molecule has 0 atom stereocenters. The molecule has 3 aromatic carbocycles. The zero-order chi connectivity index (χ0) is 22.7. The summed E-state index contributed by atoms with van der Waals surface area (Å²) in [5.41, 5.74) is 3.44. The van der Waals surface area contributed by atoms with Crippen LogP contribution in [0.2, 0.25) is 0 Å². The summed E-state index contributed by atoms with van der Waals surface area (Å²) in [6, 6.07) is 17.8. The minimum atomic E-state index is -3.60. The molecule has 0 aliphatic carbocycles. The van der Waals surface area contributed by atoms with Crippen molar-refractivity contribution in [3.8, 4) is 5.75 Å². The number of fused-ring (bicyclic) bond motifs is 1. The fourth-order valence-corrected chi connectivity index (χ4v) is 5.00. The number of hydrogen-bond acceptors (Lipinski definition) is 4. The van der Waals surface area contributed by atoms with Crippen LogP contribution in [0.15, 0.2) is 71.6 Å². The summed E-state index contributed by atoms with van der Waals surface area (Å²) in [6.45, 7) is 2.27. The van der Waals surface area contributed by atoms with Gasteiger partial charge in [-0.1, -0.05) is 29.8 Å². The molecular formula is C24H23FN2O4S. The highest BCUT2D eigenvalue weighted by atomic mass is 32.2. The van der Waals surface area contributed by atoms with Crippen molar-refractivity contribution in [2.45, 2.75) is 24.8 Å². The Kier molecular flexibility index (Phi) is 6.25. The Labute approximate surface area is 186 Å². The fraction of sp³-hybridized carbons (Fsp3) is 0.208. The van der Waals surface area contributed by atoms with Gasteiger partial charge in [0.1, 0.15) is 11.6 Å². The van der Waals surface area contributed by atoms with Crippen LogP contribution in [-0.4, -0.2) is 31.8 Å². The molecule has 166 valence electrons. The molecule has 6 nitrogen and oxygen atoms in total. The third kappa shape index (κ3) is 4.98. The first kappa shape index (κ1) is 22.0. The third-order valence-electron chi connectivity index (χ3n) is 5.29. The Morgan fingerprint density at radius 2 is 1.84 bits per heavy atom. The number of nitrogens with one attached hydrogen (secondary N) is 1. The maximum atomic E-state index is 13.2. The predicted octanol–water partition coefficient (Wildman–Crippen LogP) is 3.90. The normalized spacial score (nSPS) is 13.9. The van der Waals surface area contributed by atoms with E-state index in [4.69, 9.17) is 4.74 Å². The number of amides is 1. The van der Waals surface area contributed by atoms with Crippen LogP contribution in [0.25, 0.3) is 0 Å². The van der Waals surface area contributed by atoms with Crippen LogP contribution in [0.4, 0.5) is 10.1 Å². The van der Waals surface area contributed by atoms with Gasteiger partial charge in [0.25, 0.3) is 5.91 Å². The Morgan fingerprint density at radius 3 is 2.59 bits per heavy atom. The van der Waals surface area contributed by atoms with Crippen LogP contribution in [0.5, 0.6) is 5.75 Å². The van der Waals surface area contributed by atoms with Gasteiger partial charge in [0.2, 0.25) is 10.0 Å². The van der Waals surface area contributed by atoms with E-state index in [1.165, 1.54) is 22.5 Å². The summed E-state index contributed by atoms with van der Waals surface area (Å²) in [4.78, 5) is 12.5. The number of carbonyl (C=O) groups is 1. The lowest BCUT2D eigenvalue weighted by Crippen LogP contribution is -2.36. The molecule has 3 aromatic rings. The average Bonchev–Trinajstić information content (AvgIpc) is 2.77. The first-order valence-corrected chi connectivity index (χ1v) is 11.6. The molecule has 0 saturated carbocycles. The number of anilines is 1. The number of nitrogens with zero attached hydrogens (tertiary/aromatic N) is 1. The van der Waals surface area contributed by atoms with Crippen molar-refractivity contribution >= 4 is 21.6 Å². The van der Waals surface area contributed by atoms with E-state index in [0.29, 0.717) is 18.7 Å². The third-order valence-corrected chi connectivity index (χ3v) is 7.15. The standard InChI is InChI=1S/C24H23FN2O4S/c1-17-5-9-23(10-6-17)32(29,30)27-12-11-18-7-8-21(13-19(18)15-27)26-24(28)16-31-22-4-2-3-20(25)14-22/h2-10,13-14H,11-12,15-16H2,1H3,(H,26,28). The van der Waals surface area contributed by atoms with Gasteiger partial charge in [-0.2, -0.15) is 4.31 Å². The van der Waals surface area contributed by atoms with Gasteiger partial charge in [0.15, 0.2) is 6.61 Å². The number of halogens is 1. The lowest BCUT2D eigenvalue weighted by atomic mass is 10.0. The molecule has 0 fully saturated rings. The molecule has 32 heavy (non-hydrogen) atoms. The highest BCUT2D eigenvalue weighted by Crippen LogP contribution is 2.27. The van der Waals surface area contributed by atoms with Gasteiger partial charge in [-0.05, 0) is 60.9 Å². The van der Waals surface area contributed by atoms with Crippen molar-refractivity contribution in [2.75, 3.05) is 18.5 Å². The number of sulfonamides is 1. The molecule has 8 heteroatoms. The first-order chi connectivity index (χ1) is 15.3. The topological polar surface area (TPSA) is 75.7 Å². The lowest BCUT2D eigenvalue weighted by Gasteiger charge is -2.28. The summed E-state index contributed by atoms with van der Waals surface area (Å²) >= 11 is 0. The Balaban J connectivity index is 1.43. The minimum Gasteiger partial charge on any atom is -0.484 e. The van der Waals surface area contributed by atoms with E-state index >= 15 is 0 Å². The van der Waals surface area contributed by atoms with Gasteiger partial charge in [0.05, 0.1) is 4.90 Å². The molecule has 0 bridgehead atoms. The maximum absolute atomic E-state index is 13.2. The summed E-state index contributed by atoms with van der Waals surface area (Å²) in [6.07, 6.45) is 0.595. The van der Waals surface area contributed by atoms with Crippen molar-refractivity contribution in [2.24, 2.45) is 0 Å². The second-order valence-corrected chi connectivity index (χ2v) is 9.62. The molecule has 1 aliphatic rings. The molecule has 0 unspecified atom stereocenters. The molecule has 0 aromatic heterocycles. The van der Waals surface area contributed by atoms with Crippen LogP contribution in [0, 0.1) is 12.7 Å². The second-order valence-electron chi connectivity index (χ2n) is 7.68. The largest absolute Gasteiger partial charge is 0.484 e. The highest BCUT2D eigenvalue weighted by Gasteiger charge is 2.28. The van der Waals surface area contributed by atoms with Gasteiger partial charge in [-0.15, -0.1) is 0 Å². The molecule has 0 radical (unpaired) electrons. The lowest BCUT2D eigenvalue weighted by molar-refractivity contribution is -0.118. The monoisotopic (exact) mass is 454 g/mol. The molecular weight excluding hydrogens is 431 g/mol. The number of aryl methyl sites for hydroxylation is 1. The van der Waals surface area contributed by atoms with E-state index in [0.717, 1.165) is 16.7 Å². The highest BCUT2D eigenvalue weighted by molar-refractivity contribution is 7.89. The number of benzene rings is 3. The fourth-order valence-electron chi connectivity index (χ4n) is 3.58. The van der Waals surface area contributed by atoms with Gasteiger partial charge >= 0.3 is 0 Å². The van der Waals surface area contributed by atoms with E-state index in [1.54, 1.807) is 42.5 Å². The van der Waals surface area contributed by atoms with E-state index < -0.39 is 21.7 Å². The van der Waals surface area contributed by atoms with E-state index in [2.05, 4.69) is 5.32 Å². The van der Waals surface area contributed by atoms with Crippen molar-refractivity contribution in [3.05, 3.63) is 89.2 Å². The van der Waals surface area contributed by atoms with Crippen molar-refractivity contribution in [1.82, 2.24) is 4.31 Å². The summed E-state index contributed by atoms with van der Waals surface area (Å²) < 4.78 is 46.0. The van der Waals surface area contributed by atoms with Crippen LogP contribution in [0.3, 0.4) is 0 Å². The SMILES string of the molecule is Cc1ccc(S(=O)(=O)N2CCc3ccc(NC(=O)COc4cccc(F)c4)cc3C2)cc1. The van der Waals surface area contributed by atoms with Crippen LogP contribution < -0.4 is 10.1 Å². The zero-order valence-electron chi connectivity index (χ0n) is 17.5. The Morgan fingerprint density at radius 1 is 1.06 bits per heavy atom. The number of carbonyl (C=O) groups excluding carboxylic acids is 1. The molecule has 1 amide bonds. The van der Waals surface area contributed by atoms with Gasteiger partial charge in [0, 0.05) is 24.8 Å². The van der Waals surface area contributed by atoms with Gasteiger partial charge < -0.3 is 10.1 Å². The Hall–Kier alpha value is -3.23.